The van der Waals surface area contributed by atoms with Crippen LogP contribution in [0, 0.1) is 5.82 Å². The van der Waals surface area contributed by atoms with Crippen LogP contribution in [0.15, 0.2) is 23.4 Å². The minimum atomic E-state index is -4.37. The normalized spacial score (nSPS) is 11.4. The van der Waals surface area contributed by atoms with Crippen LogP contribution in [-0.2, 0) is 10.0 Å². The molecule has 3 N–H and O–H groups in total. The lowest BCUT2D eigenvalue weighted by molar-refractivity contribution is 0.571. The molecule has 0 saturated carbocycles. The van der Waals surface area contributed by atoms with Crippen molar-refractivity contribution < 1.29 is 12.8 Å². The number of sulfonamides is 1. The Balaban J connectivity index is 2.54. The van der Waals surface area contributed by atoms with E-state index in [1.807, 2.05) is 4.72 Å². The minimum Gasteiger partial charge on any atom is -0.399 e. The van der Waals surface area contributed by atoms with Crippen molar-refractivity contribution in [2.75, 3.05) is 10.5 Å². The van der Waals surface area contributed by atoms with Crippen molar-refractivity contribution in [3.05, 3.63) is 39.6 Å². The summed E-state index contributed by atoms with van der Waals surface area (Å²) in [6.07, 6.45) is 1.04. The highest BCUT2D eigenvalue weighted by Crippen LogP contribution is 2.31. The smallest absolute Gasteiger partial charge is 0.265 e. The van der Waals surface area contributed by atoms with E-state index in [0.29, 0.717) is 0 Å². The Bertz CT molecular complexity index is 796. The second kappa shape index (κ2) is 5.80. The maximum atomic E-state index is 13.9. The van der Waals surface area contributed by atoms with E-state index in [0.717, 1.165) is 18.5 Å². The number of nitrogens with one attached hydrogen (secondary N) is 1. The van der Waals surface area contributed by atoms with Gasteiger partial charge >= 0.3 is 0 Å². The van der Waals surface area contributed by atoms with Crippen molar-refractivity contribution >= 4 is 56.2 Å². The fourth-order valence-corrected chi connectivity index (χ4v) is 3.41. The Morgan fingerprint density at radius 1 is 1.14 bits per heavy atom. The Morgan fingerprint density at radius 3 is 2.29 bits per heavy atom. The molecule has 0 saturated heterocycles. The summed E-state index contributed by atoms with van der Waals surface area (Å²) in [5.41, 5.74) is 5.15. The van der Waals surface area contributed by atoms with Gasteiger partial charge in [-0.2, -0.15) is 0 Å². The van der Waals surface area contributed by atoms with Crippen molar-refractivity contribution in [2.45, 2.75) is 4.90 Å². The highest BCUT2D eigenvalue weighted by atomic mass is 35.5. The van der Waals surface area contributed by atoms with E-state index in [-0.39, 0.29) is 21.7 Å². The van der Waals surface area contributed by atoms with Crippen molar-refractivity contribution in [1.82, 2.24) is 9.97 Å². The summed E-state index contributed by atoms with van der Waals surface area (Å²) in [7, 11) is -4.37. The van der Waals surface area contributed by atoms with Crippen molar-refractivity contribution in [3.8, 4) is 0 Å². The molecule has 0 atom stereocenters. The number of nitrogens with zero attached hydrogens (tertiary/aromatic N) is 2. The fourth-order valence-electron chi connectivity index (χ4n) is 1.40. The van der Waals surface area contributed by atoms with Crippen LogP contribution in [0.3, 0.4) is 0 Å². The number of halogens is 4. The molecule has 0 unspecified atom stereocenters. The van der Waals surface area contributed by atoms with E-state index in [2.05, 4.69) is 9.97 Å². The molecule has 6 nitrogen and oxygen atoms in total. The van der Waals surface area contributed by atoms with Gasteiger partial charge in [0.05, 0.1) is 5.02 Å². The van der Waals surface area contributed by atoms with Crippen molar-refractivity contribution in [2.24, 2.45) is 0 Å². The molecule has 0 bridgehead atoms. The summed E-state index contributed by atoms with van der Waals surface area (Å²) >= 11 is 17.0. The summed E-state index contributed by atoms with van der Waals surface area (Å²) in [5.74, 6) is -1.15. The van der Waals surface area contributed by atoms with E-state index in [1.54, 1.807) is 0 Å². The number of anilines is 2. The largest absolute Gasteiger partial charge is 0.399 e. The molecule has 0 radical (unpaired) electrons. The third-order valence-electron chi connectivity index (χ3n) is 2.30. The number of aromatic nitrogens is 2. The first-order valence-electron chi connectivity index (χ1n) is 5.15. The van der Waals surface area contributed by atoms with Gasteiger partial charge in [-0.15, -0.1) is 0 Å². The van der Waals surface area contributed by atoms with Crippen molar-refractivity contribution in [3.63, 3.8) is 0 Å². The van der Waals surface area contributed by atoms with Crippen LogP contribution in [0.5, 0.6) is 0 Å². The molecule has 0 fully saturated rings. The molecule has 0 aliphatic heterocycles. The highest BCUT2D eigenvalue weighted by molar-refractivity contribution is 7.92. The molecular weight excluding hydrogens is 366 g/mol. The molecule has 1 heterocycles. The topological polar surface area (TPSA) is 98.0 Å². The second-order valence-electron chi connectivity index (χ2n) is 3.75. The van der Waals surface area contributed by atoms with Crippen LogP contribution < -0.4 is 10.5 Å². The Hall–Kier alpha value is -1.35. The zero-order valence-corrected chi connectivity index (χ0v) is 13.0. The molecule has 2 rings (SSSR count). The van der Waals surface area contributed by atoms with Gasteiger partial charge in [0.25, 0.3) is 10.0 Å². The maximum absolute atomic E-state index is 13.9. The molecule has 11 heteroatoms. The second-order valence-corrected chi connectivity index (χ2v) is 6.52. The number of nitrogens with two attached hydrogens (primary N) is 1. The number of rotatable bonds is 3. The zero-order valence-electron chi connectivity index (χ0n) is 9.94. The average Bonchev–Trinajstić information content (AvgIpc) is 2.38. The van der Waals surface area contributed by atoms with Crippen LogP contribution in [0.1, 0.15) is 0 Å². The van der Waals surface area contributed by atoms with E-state index in [9.17, 15) is 12.8 Å². The third kappa shape index (κ3) is 3.29. The standard InChI is InChI=1S/C10H6Cl3FN4O2S/c11-5-1-4(15)2-6(7(5)14)21(19,20)18-8-9(12)16-3-17-10(8)13/h1-3,18H,15H2. The molecule has 2 aromatic rings. The Morgan fingerprint density at radius 2 is 1.71 bits per heavy atom. The first kappa shape index (κ1) is 16.0. The number of hydrogen-bond donors (Lipinski definition) is 2. The molecule has 1 aromatic heterocycles. The zero-order chi connectivity index (χ0) is 15.8. The maximum Gasteiger partial charge on any atom is 0.265 e. The summed E-state index contributed by atoms with van der Waals surface area (Å²) in [6, 6.07) is 2.00. The monoisotopic (exact) mass is 370 g/mol. The number of nitrogen functional groups attached to an aromatic ring is 1. The molecular formula is C10H6Cl3FN4O2S. The lowest BCUT2D eigenvalue weighted by Gasteiger charge is -2.11. The SMILES string of the molecule is Nc1cc(Cl)c(F)c(S(=O)(=O)Nc2c(Cl)ncnc2Cl)c1. The van der Waals surface area contributed by atoms with Gasteiger partial charge in [0.15, 0.2) is 16.1 Å². The van der Waals surface area contributed by atoms with Crippen LogP contribution in [0.25, 0.3) is 0 Å². The Labute approximate surface area is 134 Å². The molecule has 0 aliphatic rings. The lowest BCUT2D eigenvalue weighted by Crippen LogP contribution is -2.16. The van der Waals surface area contributed by atoms with Gasteiger partial charge < -0.3 is 5.73 Å². The minimum absolute atomic E-state index is 0.0247. The van der Waals surface area contributed by atoms with Gasteiger partial charge in [-0.25, -0.2) is 22.8 Å². The quantitative estimate of drug-likeness (QED) is 0.638. The summed E-state index contributed by atoms with van der Waals surface area (Å²) in [4.78, 5) is 6.40. The van der Waals surface area contributed by atoms with Gasteiger partial charge in [-0.1, -0.05) is 34.8 Å². The predicted octanol–water partition coefficient (Wildman–Crippen LogP) is 2.96. The highest BCUT2D eigenvalue weighted by Gasteiger charge is 2.24. The van der Waals surface area contributed by atoms with Crippen LogP contribution >= 0.6 is 34.8 Å². The molecule has 21 heavy (non-hydrogen) atoms. The average molecular weight is 372 g/mol. The van der Waals surface area contributed by atoms with E-state index >= 15 is 0 Å². The Kier molecular flexibility index (Phi) is 4.43. The van der Waals surface area contributed by atoms with E-state index in [1.165, 1.54) is 0 Å². The summed E-state index contributed by atoms with van der Waals surface area (Å²) < 4.78 is 40.3. The first-order chi connectivity index (χ1) is 9.72. The van der Waals surface area contributed by atoms with Crippen molar-refractivity contribution in [1.29, 1.82) is 0 Å². The molecule has 0 amide bonds. The predicted molar refractivity (Wildman–Crippen MR) is 78.7 cm³/mol. The first-order valence-corrected chi connectivity index (χ1v) is 7.77. The van der Waals surface area contributed by atoms with E-state index in [4.69, 9.17) is 40.5 Å². The van der Waals surface area contributed by atoms with Gasteiger partial charge in [-0.3, -0.25) is 4.72 Å². The third-order valence-corrected chi connectivity index (χ3v) is 4.49. The number of hydrogen-bond acceptors (Lipinski definition) is 5. The van der Waals surface area contributed by atoms with Gasteiger partial charge in [0, 0.05) is 5.69 Å². The molecule has 1 aromatic carbocycles. The van der Waals surface area contributed by atoms with E-state index < -0.39 is 25.8 Å². The van der Waals surface area contributed by atoms with Gasteiger partial charge in [0.1, 0.15) is 16.9 Å². The van der Waals surface area contributed by atoms with Crippen LogP contribution in [0.4, 0.5) is 15.8 Å². The summed E-state index contributed by atoms with van der Waals surface area (Å²) in [6.45, 7) is 0. The summed E-state index contributed by atoms with van der Waals surface area (Å²) in [5, 5.41) is -0.917. The molecule has 112 valence electrons. The van der Waals surface area contributed by atoms with Gasteiger partial charge in [0.2, 0.25) is 0 Å². The van der Waals surface area contributed by atoms with Crippen LogP contribution in [0.2, 0.25) is 15.3 Å². The van der Waals surface area contributed by atoms with Crippen LogP contribution in [-0.4, -0.2) is 18.4 Å². The molecule has 0 aliphatic carbocycles. The van der Waals surface area contributed by atoms with Gasteiger partial charge in [-0.05, 0) is 12.1 Å². The number of benzene rings is 1. The molecule has 0 spiro atoms. The lowest BCUT2D eigenvalue weighted by atomic mass is 10.3. The fraction of sp³-hybridized carbons (Fsp3) is 0.